The van der Waals surface area contributed by atoms with E-state index in [4.69, 9.17) is 0 Å². The molecule has 0 aliphatic carbocycles. The fraction of sp³-hybridized carbons (Fsp3) is 0.471. The third kappa shape index (κ3) is 2.81. The summed E-state index contributed by atoms with van der Waals surface area (Å²) in [5.41, 5.74) is 1.79. The molecule has 2 aromatic heterocycles. The number of aliphatic hydroxyl groups is 1. The Morgan fingerprint density at radius 3 is 2.75 bits per heavy atom. The number of nitrogens with zero attached hydrogens (tertiary/aromatic N) is 5. The third-order valence-electron chi connectivity index (χ3n) is 4.26. The maximum absolute atomic E-state index is 12.6. The largest absolute Gasteiger partial charge is 0.395 e. The van der Waals surface area contributed by atoms with Crippen LogP contribution in [-0.4, -0.2) is 48.9 Å². The van der Waals surface area contributed by atoms with E-state index in [1.165, 1.54) is 4.57 Å². The molecule has 0 aliphatic rings. The highest BCUT2D eigenvalue weighted by atomic mass is 16.3. The van der Waals surface area contributed by atoms with Crippen molar-refractivity contribution in [2.75, 3.05) is 19.7 Å². The Kier molecular flexibility index (Phi) is 4.64. The molecule has 0 bridgehead atoms. The van der Waals surface area contributed by atoms with Crippen LogP contribution in [0.15, 0.2) is 23.0 Å². The van der Waals surface area contributed by atoms with Crippen molar-refractivity contribution in [2.24, 2.45) is 7.05 Å². The Labute approximate surface area is 140 Å². The first kappa shape index (κ1) is 16.6. The second kappa shape index (κ2) is 6.70. The summed E-state index contributed by atoms with van der Waals surface area (Å²) >= 11 is 0. The van der Waals surface area contributed by atoms with Crippen molar-refractivity contribution in [2.45, 2.75) is 26.8 Å². The Morgan fingerprint density at radius 2 is 2.04 bits per heavy atom. The molecule has 0 fully saturated rings. The van der Waals surface area contributed by atoms with Gasteiger partial charge in [0, 0.05) is 13.6 Å². The molecule has 128 valence electrons. The topological polar surface area (TPSA) is 75.7 Å². The zero-order chi connectivity index (χ0) is 17.3. The van der Waals surface area contributed by atoms with Crippen molar-refractivity contribution in [3.05, 3.63) is 39.9 Å². The lowest BCUT2D eigenvalue weighted by molar-refractivity contribution is 0.187. The molecule has 7 heteroatoms. The van der Waals surface area contributed by atoms with Crippen molar-refractivity contribution < 1.29 is 5.11 Å². The van der Waals surface area contributed by atoms with Crippen LogP contribution in [0.5, 0.6) is 0 Å². The van der Waals surface area contributed by atoms with Crippen molar-refractivity contribution in [3.8, 4) is 0 Å². The molecule has 3 aromatic rings. The fourth-order valence-electron chi connectivity index (χ4n) is 3.09. The maximum Gasteiger partial charge on any atom is 0.262 e. The van der Waals surface area contributed by atoms with E-state index in [0.29, 0.717) is 24.3 Å². The summed E-state index contributed by atoms with van der Waals surface area (Å²) in [7, 11) is 1.72. The predicted octanol–water partition coefficient (Wildman–Crippen LogP) is 1.09. The fourth-order valence-corrected chi connectivity index (χ4v) is 3.09. The van der Waals surface area contributed by atoms with Gasteiger partial charge in [-0.05, 0) is 32.0 Å². The first-order chi connectivity index (χ1) is 11.6. The lowest BCUT2D eigenvalue weighted by atomic mass is 10.1. The van der Waals surface area contributed by atoms with E-state index in [0.717, 1.165) is 29.9 Å². The lowest BCUT2D eigenvalue weighted by Gasteiger charge is -2.19. The van der Waals surface area contributed by atoms with E-state index in [-0.39, 0.29) is 12.2 Å². The van der Waals surface area contributed by atoms with Crippen LogP contribution in [0.1, 0.15) is 24.7 Å². The van der Waals surface area contributed by atoms with Crippen molar-refractivity contribution in [1.82, 2.24) is 24.1 Å². The van der Waals surface area contributed by atoms with Crippen LogP contribution >= 0.6 is 0 Å². The molecule has 2 heterocycles. The number of aryl methyl sites for hydroxylation is 2. The molecule has 1 aromatic carbocycles. The van der Waals surface area contributed by atoms with Gasteiger partial charge in [-0.1, -0.05) is 18.6 Å². The van der Waals surface area contributed by atoms with Crippen LogP contribution in [0.2, 0.25) is 0 Å². The maximum atomic E-state index is 12.6. The van der Waals surface area contributed by atoms with Crippen molar-refractivity contribution in [1.29, 1.82) is 0 Å². The van der Waals surface area contributed by atoms with Gasteiger partial charge < -0.3 is 5.11 Å². The number of benzene rings is 1. The van der Waals surface area contributed by atoms with Crippen LogP contribution in [0, 0.1) is 6.92 Å². The van der Waals surface area contributed by atoms with Gasteiger partial charge in [-0.15, -0.1) is 10.2 Å². The van der Waals surface area contributed by atoms with Crippen LogP contribution in [-0.2, 0) is 13.6 Å². The van der Waals surface area contributed by atoms with Crippen LogP contribution in [0.25, 0.3) is 16.7 Å². The molecule has 0 radical (unpaired) electrons. The summed E-state index contributed by atoms with van der Waals surface area (Å²) in [4.78, 5) is 14.7. The second-order valence-corrected chi connectivity index (χ2v) is 6.14. The van der Waals surface area contributed by atoms with Gasteiger partial charge in [-0.25, -0.2) is 0 Å². The van der Waals surface area contributed by atoms with E-state index in [1.54, 1.807) is 7.05 Å². The summed E-state index contributed by atoms with van der Waals surface area (Å²) < 4.78 is 3.48. The molecule has 0 amide bonds. The number of aliphatic hydroxyl groups excluding tert-OH is 1. The van der Waals surface area contributed by atoms with E-state index in [9.17, 15) is 9.90 Å². The normalized spacial score (nSPS) is 11.9. The number of hydrogen-bond acceptors (Lipinski definition) is 5. The highest BCUT2D eigenvalue weighted by Crippen LogP contribution is 2.16. The van der Waals surface area contributed by atoms with Crippen LogP contribution < -0.4 is 5.56 Å². The molecule has 7 nitrogen and oxygen atoms in total. The Balaban J connectivity index is 2.20. The van der Waals surface area contributed by atoms with Gasteiger partial charge in [0.2, 0.25) is 5.78 Å². The zero-order valence-corrected chi connectivity index (χ0v) is 14.4. The Hall–Kier alpha value is -2.25. The Bertz CT molecular complexity index is 922. The quantitative estimate of drug-likeness (QED) is 0.733. The minimum atomic E-state index is -0.0686. The molecular weight excluding hydrogens is 306 g/mol. The minimum Gasteiger partial charge on any atom is -0.395 e. The molecule has 1 N–H and O–H groups in total. The molecular formula is C17H23N5O2. The highest BCUT2D eigenvalue weighted by molar-refractivity contribution is 5.81. The van der Waals surface area contributed by atoms with Gasteiger partial charge >= 0.3 is 0 Å². The molecule has 0 atom stereocenters. The smallest absolute Gasteiger partial charge is 0.262 e. The van der Waals surface area contributed by atoms with Gasteiger partial charge in [-0.2, -0.15) is 0 Å². The monoisotopic (exact) mass is 329 g/mol. The number of aromatic nitrogens is 4. The van der Waals surface area contributed by atoms with Gasteiger partial charge in [0.15, 0.2) is 5.82 Å². The molecule has 0 spiro atoms. The summed E-state index contributed by atoms with van der Waals surface area (Å²) in [6.45, 7) is 6.23. The average Bonchev–Trinajstić information content (AvgIpc) is 2.97. The van der Waals surface area contributed by atoms with Crippen molar-refractivity contribution >= 4 is 16.7 Å². The van der Waals surface area contributed by atoms with Gasteiger partial charge in [-0.3, -0.25) is 18.7 Å². The standard InChI is InChI=1S/C17H23N5O2/c1-4-7-21(8-9-23)11-15-18-19-17-20(3)16(24)13-10-12(2)5-6-14(13)22(15)17/h5-6,10,23H,4,7-9,11H2,1-3H3. The summed E-state index contributed by atoms with van der Waals surface area (Å²) in [6, 6.07) is 5.84. The van der Waals surface area contributed by atoms with E-state index < -0.39 is 0 Å². The first-order valence-corrected chi connectivity index (χ1v) is 8.23. The Morgan fingerprint density at radius 1 is 1.25 bits per heavy atom. The average molecular weight is 329 g/mol. The van der Waals surface area contributed by atoms with E-state index in [1.807, 2.05) is 29.5 Å². The minimum absolute atomic E-state index is 0.0686. The van der Waals surface area contributed by atoms with Crippen molar-refractivity contribution in [3.63, 3.8) is 0 Å². The molecule has 0 saturated carbocycles. The molecule has 0 unspecified atom stereocenters. The third-order valence-corrected chi connectivity index (χ3v) is 4.26. The second-order valence-electron chi connectivity index (χ2n) is 6.14. The van der Waals surface area contributed by atoms with Gasteiger partial charge in [0.1, 0.15) is 0 Å². The predicted molar refractivity (Wildman–Crippen MR) is 93.1 cm³/mol. The summed E-state index contributed by atoms with van der Waals surface area (Å²) in [5.74, 6) is 1.31. The summed E-state index contributed by atoms with van der Waals surface area (Å²) in [6.07, 6.45) is 0.995. The molecule has 24 heavy (non-hydrogen) atoms. The summed E-state index contributed by atoms with van der Waals surface area (Å²) in [5, 5.41) is 18.4. The van der Waals surface area contributed by atoms with Crippen LogP contribution in [0.4, 0.5) is 0 Å². The highest BCUT2D eigenvalue weighted by Gasteiger charge is 2.16. The lowest BCUT2D eigenvalue weighted by Crippen LogP contribution is -2.28. The molecule has 0 saturated heterocycles. The molecule has 0 aliphatic heterocycles. The number of fused-ring (bicyclic) bond motifs is 3. The van der Waals surface area contributed by atoms with Crippen LogP contribution in [0.3, 0.4) is 0 Å². The SMILES string of the molecule is CCCN(CCO)Cc1nnc2n(C)c(=O)c3cc(C)ccc3n12. The number of rotatable bonds is 6. The van der Waals surface area contributed by atoms with Gasteiger partial charge in [0.25, 0.3) is 5.56 Å². The number of hydrogen-bond donors (Lipinski definition) is 1. The first-order valence-electron chi connectivity index (χ1n) is 8.23. The zero-order valence-electron chi connectivity index (χ0n) is 14.4. The van der Waals surface area contributed by atoms with E-state index >= 15 is 0 Å². The van der Waals surface area contributed by atoms with E-state index in [2.05, 4.69) is 22.0 Å². The van der Waals surface area contributed by atoms with Gasteiger partial charge in [0.05, 0.1) is 24.1 Å². The molecule has 3 rings (SSSR count).